The molecule has 0 saturated carbocycles. The first-order valence-corrected chi connectivity index (χ1v) is 7.86. The first-order chi connectivity index (χ1) is 9.34. The third kappa shape index (κ3) is 5.84. The number of amides is 1. The van der Waals surface area contributed by atoms with Crippen molar-refractivity contribution in [2.75, 3.05) is 12.9 Å². The number of carbonyl (C=O) groups is 1. The van der Waals surface area contributed by atoms with Gasteiger partial charge in [0.15, 0.2) is 0 Å². The van der Waals surface area contributed by atoms with Crippen LogP contribution in [0.4, 0.5) is 0 Å². The Morgan fingerprint density at radius 2 is 1.95 bits per heavy atom. The predicted molar refractivity (Wildman–Crippen MR) is 83.2 cm³/mol. The van der Waals surface area contributed by atoms with Crippen LogP contribution < -0.4 is 10.5 Å². The van der Waals surface area contributed by atoms with Crippen molar-refractivity contribution in [2.45, 2.75) is 38.2 Å². The maximum absolute atomic E-state index is 11.0. The van der Waals surface area contributed by atoms with E-state index in [1.54, 1.807) is 36.0 Å². The summed E-state index contributed by atoms with van der Waals surface area (Å²) < 4.78 is 11.6. The van der Waals surface area contributed by atoms with Crippen LogP contribution in [0.5, 0.6) is 5.75 Å². The summed E-state index contributed by atoms with van der Waals surface area (Å²) in [5.41, 5.74) is 5.55. The zero-order valence-corrected chi connectivity index (χ0v) is 13.3. The summed E-state index contributed by atoms with van der Waals surface area (Å²) in [6.45, 7) is 6.71. The molecule has 4 nitrogen and oxygen atoms in total. The molecular weight excluding hydrogens is 274 g/mol. The van der Waals surface area contributed by atoms with Gasteiger partial charge < -0.3 is 15.2 Å². The van der Waals surface area contributed by atoms with Crippen LogP contribution in [0.3, 0.4) is 0 Å². The molecule has 1 aromatic rings. The van der Waals surface area contributed by atoms with E-state index in [0.717, 1.165) is 12.2 Å². The van der Waals surface area contributed by atoms with Gasteiger partial charge in [0, 0.05) is 12.0 Å². The fraction of sp³-hybridized carbons (Fsp3) is 0.533. The molecule has 0 aliphatic rings. The molecule has 20 heavy (non-hydrogen) atoms. The van der Waals surface area contributed by atoms with Crippen molar-refractivity contribution in [3.8, 4) is 5.75 Å². The van der Waals surface area contributed by atoms with E-state index in [1.807, 2.05) is 27.0 Å². The van der Waals surface area contributed by atoms with Gasteiger partial charge in [0.25, 0.3) is 0 Å². The number of hydrogen-bond donors (Lipinski definition) is 1. The average Bonchev–Trinajstić information content (AvgIpc) is 2.38. The minimum absolute atomic E-state index is 0.195. The Morgan fingerprint density at radius 3 is 2.45 bits per heavy atom. The largest absolute Gasteiger partial charge is 0.488 e. The first-order valence-electron chi connectivity index (χ1n) is 6.57. The molecule has 0 aromatic heterocycles. The van der Waals surface area contributed by atoms with Crippen LogP contribution in [-0.2, 0) is 4.74 Å². The number of thioether (sulfide) groups is 1. The second-order valence-corrected chi connectivity index (χ2v) is 6.31. The lowest BCUT2D eigenvalue weighted by molar-refractivity contribution is 0.0426. The second kappa shape index (κ2) is 7.55. The lowest BCUT2D eigenvalue weighted by Gasteiger charge is -2.27. The minimum Gasteiger partial charge on any atom is -0.488 e. The number of ether oxygens (including phenoxy) is 2. The topological polar surface area (TPSA) is 61.6 Å². The van der Waals surface area contributed by atoms with Crippen LogP contribution in [0.15, 0.2) is 24.3 Å². The molecule has 0 radical (unpaired) electrons. The smallest absolute Gasteiger partial charge is 0.248 e. The van der Waals surface area contributed by atoms with Crippen LogP contribution in [-0.4, -0.2) is 29.8 Å². The molecule has 5 heteroatoms. The number of carbonyl (C=O) groups excluding carboxylic acids is 1. The molecule has 1 amide bonds. The van der Waals surface area contributed by atoms with Gasteiger partial charge in [0.2, 0.25) is 5.91 Å². The highest BCUT2D eigenvalue weighted by Crippen LogP contribution is 2.22. The van der Waals surface area contributed by atoms with Crippen molar-refractivity contribution in [1.29, 1.82) is 0 Å². The molecule has 0 aliphatic heterocycles. The third-order valence-corrected chi connectivity index (χ3v) is 3.72. The highest BCUT2D eigenvalue weighted by molar-refractivity contribution is 7.99. The molecule has 0 heterocycles. The fourth-order valence-electron chi connectivity index (χ4n) is 1.60. The maximum Gasteiger partial charge on any atom is 0.248 e. The SMILES string of the molecule is CSC(C)OCCC(C)(C)Oc1ccc(C(N)=O)cc1. The number of primary amides is 1. The summed E-state index contributed by atoms with van der Waals surface area (Å²) in [7, 11) is 0. The molecule has 1 atom stereocenters. The number of benzene rings is 1. The second-order valence-electron chi connectivity index (χ2n) is 5.17. The molecule has 2 N–H and O–H groups in total. The molecule has 0 bridgehead atoms. The Hall–Kier alpha value is -1.20. The number of nitrogens with two attached hydrogens (primary N) is 1. The highest BCUT2D eigenvalue weighted by atomic mass is 32.2. The third-order valence-electron chi connectivity index (χ3n) is 2.92. The van der Waals surface area contributed by atoms with Gasteiger partial charge in [-0.15, -0.1) is 11.8 Å². The quantitative estimate of drug-likeness (QED) is 0.749. The minimum atomic E-state index is -0.435. The van der Waals surface area contributed by atoms with Crippen LogP contribution in [0, 0.1) is 0 Å². The van der Waals surface area contributed by atoms with Crippen molar-refractivity contribution in [2.24, 2.45) is 5.73 Å². The van der Waals surface area contributed by atoms with E-state index in [9.17, 15) is 4.79 Å². The number of hydrogen-bond acceptors (Lipinski definition) is 4. The van der Waals surface area contributed by atoms with Gasteiger partial charge >= 0.3 is 0 Å². The van der Waals surface area contributed by atoms with Crippen LogP contribution >= 0.6 is 11.8 Å². The predicted octanol–water partition coefficient (Wildman–Crippen LogP) is 3.06. The van der Waals surface area contributed by atoms with Gasteiger partial charge in [-0.25, -0.2) is 0 Å². The van der Waals surface area contributed by atoms with Gasteiger partial charge in [-0.3, -0.25) is 4.79 Å². The maximum atomic E-state index is 11.0. The fourth-order valence-corrected chi connectivity index (χ4v) is 1.83. The van der Waals surface area contributed by atoms with E-state index in [1.165, 1.54) is 0 Å². The summed E-state index contributed by atoms with van der Waals surface area (Å²) in [5, 5.41) is 0. The normalized spacial score (nSPS) is 13.0. The van der Waals surface area contributed by atoms with Crippen LogP contribution in [0.1, 0.15) is 37.6 Å². The van der Waals surface area contributed by atoms with E-state index in [4.69, 9.17) is 15.2 Å². The van der Waals surface area contributed by atoms with Gasteiger partial charge in [0.1, 0.15) is 11.4 Å². The summed E-state index contributed by atoms with van der Waals surface area (Å²) >= 11 is 1.68. The van der Waals surface area contributed by atoms with Gasteiger partial charge in [-0.2, -0.15) is 0 Å². The Kier molecular flexibility index (Phi) is 6.36. The molecule has 0 spiro atoms. The van der Waals surface area contributed by atoms with E-state index in [0.29, 0.717) is 12.2 Å². The summed E-state index contributed by atoms with van der Waals surface area (Å²) in [6.07, 6.45) is 2.81. The van der Waals surface area contributed by atoms with Crippen molar-refractivity contribution in [3.63, 3.8) is 0 Å². The Morgan fingerprint density at radius 1 is 1.35 bits per heavy atom. The summed E-state index contributed by atoms with van der Waals surface area (Å²) in [4.78, 5) is 11.0. The molecule has 1 rings (SSSR count). The molecule has 0 saturated heterocycles. The summed E-state index contributed by atoms with van der Waals surface area (Å²) in [6, 6.07) is 6.85. The Labute approximate surface area is 125 Å². The zero-order chi connectivity index (χ0) is 15.2. The van der Waals surface area contributed by atoms with Crippen LogP contribution in [0.2, 0.25) is 0 Å². The first kappa shape index (κ1) is 16.9. The molecule has 0 fully saturated rings. The van der Waals surface area contributed by atoms with Crippen molar-refractivity contribution in [1.82, 2.24) is 0 Å². The zero-order valence-electron chi connectivity index (χ0n) is 12.5. The molecule has 0 aliphatic carbocycles. The van der Waals surface area contributed by atoms with E-state index >= 15 is 0 Å². The van der Waals surface area contributed by atoms with Gasteiger partial charge in [-0.05, 0) is 51.3 Å². The van der Waals surface area contributed by atoms with Gasteiger partial charge in [-0.1, -0.05) is 0 Å². The standard InChI is InChI=1S/C15H23NO3S/c1-11(20-4)18-10-9-15(2,3)19-13-7-5-12(6-8-13)14(16)17/h5-8,11H,9-10H2,1-4H3,(H2,16,17). The number of rotatable bonds is 8. The lowest BCUT2D eigenvalue weighted by atomic mass is 10.1. The Bertz CT molecular complexity index is 431. The summed E-state index contributed by atoms with van der Waals surface area (Å²) in [5.74, 6) is 0.285. The molecule has 1 unspecified atom stereocenters. The molecular formula is C15H23NO3S. The van der Waals surface area contributed by atoms with E-state index in [2.05, 4.69) is 0 Å². The highest BCUT2D eigenvalue weighted by Gasteiger charge is 2.20. The monoisotopic (exact) mass is 297 g/mol. The lowest BCUT2D eigenvalue weighted by Crippen LogP contribution is -2.30. The van der Waals surface area contributed by atoms with E-state index < -0.39 is 5.91 Å². The van der Waals surface area contributed by atoms with Gasteiger partial charge in [0.05, 0.1) is 12.0 Å². The van der Waals surface area contributed by atoms with Crippen molar-refractivity contribution >= 4 is 17.7 Å². The average molecular weight is 297 g/mol. The van der Waals surface area contributed by atoms with Crippen molar-refractivity contribution in [3.05, 3.63) is 29.8 Å². The van der Waals surface area contributed by atoms with Crippen molar-refractivity contribution < 1.29 is 14.3 Å². The molecule has 1 aromatic carbocycles. The van der Waals surface area contributed by atoms with Crippen LogP contribution in [0.25, 0.3) is 0 Å². The van der Waals surface area contributed by atoms with E-state index in [-0.39, 0.29) is 11.0 Å². The molecule has 112 valence electrons. The Balaban J connectivity index is 2.50.